The zero-order valence-corrected chi connectivity index (χ0v) is 12.9. The molecule has 0 aliphatic rings. The molecule has 4 heteroatoms. The van der Waals surface area contributed by atoms with Gasteiger partial charge in [-0.05, 0) is 13.0 Å². The largest absolute Gasteiger partial charge is 0.469 e. The zero-order valence-electron chi connectivity index (χ0n) is 12.9. The molecule has 1 aromatic rings. The van der Waals surface area contributed by atoms with Crippen LogP contribution < -0.4 is 5.32 Å². The first kappa shape index (κ1) is 17.4. The van der Waals surface area contributed by atoms with Crippen molar-refractivity contribution in [1.82, 2.24) is 5.32 Å². The number of benzene rings is 1. The average Bonchev–Trinajstić information content (AvgIpc) is 2.53. The van der Waals surface area contributed by atoms with Crippen molar-refractivity contribution in [2.45, 2.75) is 45.1 Å². The van der Waals surface area contributed by atoms with E-state index in [1.807, 2.05) is 18.2 Å². The summed E-state index contributed by atoms with van der Waals surface area (Å²) >= 11 is 0. The average molecular weight is 291 g/mol. The molecule has 116 valence electrons. The fourth-order valence-electron chi connectivity index (χ4n) is 2.14. The van der Waals surface area contributed by atoms with Gasteiger partial charge in [0.1, 0.15) is 0 Å². The van der Waals surface area contributed by atoms with Crippen LogP contribution in [0.1, 0.15) is 49.4 Å². The molecule has 4 nitrogen and oxygen atoms in total. The maximum Gasteiger partial charge on any atom is 0.307 e. The molecule has 0 bridgehead atoms. The van der Waals surface area contributed by atoms with Crippen molar-refractivity contribution in [3.8, 4) is 0 Å². The maximum absolute atomic E-state index is 12.4. The molecule has 1 N–H and O–H groups in total. The third-order valence-electron chi connectivity index (χ3n) is 3.39. The molecule has 0 amide bonds. The SMILES string of the molecule is CCCCCCNC(CC(=O)OC)C(=O)c1ccccc1. The molecule has 0 aromatic heterocycles. The number of ketones is 1. The molecule has 0 aliphatic heterocycles. The molecule has 1 aromatic carbocycles. The first-order valence-electron chi connectivity index (χ1n) is 7.58. The number of ether oxygens (including phenoxy) is 1. The Morgan fingerprint density at radius 3 is 2.48 bits per heavy atom. The Morgan fingerprint density at radius 1 is 1.14 bits per heavy atom. The van der Waals surface area contributed by atoms with Gasteiger partial charge in [0.15, 0.2) is 5.78 Å². The Balaban J connectivity index is 2.59. The number of carbonyl (C=O) groups excluding carboxylic acids is 2. The van der Waals surface area contributed by atoms with Gasteiger partial charge in [-0.25, -0.2) is 0 Å². The summed E-state index contributed by atoms with van der Waals surface area (Å²) in [5.74, 6) is -0.429. The highest BCUT2D eigenvalue weighted by Crippen LogP contribution is 2.08. The highest BCUT2D eigenvalue weighted by Gasteiger charge is 2.22. The minimum atomic E-state index is -0.513. The van der Waals surface area contributed by atoms with Gasteiger partial charge in [-0.15, -0.1) is 0 Å². The fourth-order valence-corrected chi connectivity index (χ4v) is 2.14. The summed E-state index contributed by atoms with van der Waals surface area (Å²) in [7, 11) is 1.34. The van der Waals surface area contributed by atoms with Gasteiger partial charge >= 0.3 is 5.97 Å². The van der Waals surface area contributed by atoms with Crippen molar-refractivity contribution in [2.75, 3.05) is 13.7 Å². The molecule has 21 heavy (non-hydrogen) atoms. The fraction of sp³-hybridized carbons (Fsp3) is 0.529. The van der Waals surface area contributed by atoms with Crippen molar-refractivity contribution in [2.24, 2.45) is 0 Å². The molecule has 1 atom stereocenters. The van der Waals surface area contributed by atoms with Gasteiger partial charge in [-0.2, -0.15) is 0 Å². The van der Waals surface area contributed by atoms with Gasteiger partial charge in [0.05, 0.1) is 19.6 Å². The van der Waals surface area contributed by atoms with Crippen LogP contribution in [-0.4, -0.2) is 31.4 Å². The molecule has 1 rings (SSSR count). The number of rotatable bonds is 10. The van der Waals surface area contributed by atoms with Crippen LogP contribution in [0.25, 0.3) is 0 Å². The Morgan fingerprint density at radius 2 is 1.86 bits per heavy atom. The van der Waals surface area contributed by atoms with Gasteiger partial charge in [-0.3, -0.25) is 9.59 Å². The predicted octanol–water partition coefficient (Wildman–Crippen LogP) is 2.97. The monoisotopic (exact) mass is 291 g/mol. The second kappa shape index (κ2) is 10.1. The number of nitrogens with one attached hydrogen (secondary N) is 1. The first-order chi connectivity index (χ1) is 10.2. The van der Waals surface area contributed by atoms with Crippen LogP contribution in [0.2, 0.25) is 0 Å². The third-order valence-corrected chi connectivity index (χ3v) is 3.39. The Bertz CT molecular complexity index is 431. The second-order valence-corrected chi connectivity index (χ2v) is 5.08. The normalized spacial score (nSPS) is 11.9. The van der Waals surface area contributed by atoms with Crippen LogP contribution >= 0.6 is 0 Å². The van der Waals surface area contributed by atoms with Crippen LogP contribution in [0.15, 0.2) is 30.3 Å². The van der Waals surface area contributed by atoms with Crippen molar-refractivity contribution >= 4 is 11.8 Å². The minimum Gasteiger partial charge on any atom is -0.469 e. The van der Waals surface area contributed by atoms with Crippen molar-refractivity contribution in [1.29, 1.82) is 0 Å². The predicted molar refractivity (Wildman–Crippen MR) is 83.3 cm³/mol. The molecule has 0 saturated carbocycles. The zero-order chi connectivity index (χ0) is 15.5. The molecule has 0 fully saturated rings. The Kier molecular flexibility index (Phi) is 8.36. The second-order valence-electron chi connectivity index (χ2n) is 5.08. The topological polar surface area (TPSA) is 55.4 Å². The molecular weight excluding hydrogens is 266 g/mol. The molecule has 0 heterocycles. The van der Waals surface area contributed by atoms with E-state index >= 15 is 0 Å². The lowest BCUT2D eigenvalue weighted by Crippen LogP contribution is -2.39. The van der Waals surface area contributed by atoms with Gasteiger partial charge in [0.25, 0.3) is 0 Å². The molecule has 1 unspecified atom stereocenters. The summed E-state index contributed by atoms with van der Waals surface area (Å²) < 4.78 is 4.68. The summed E-state index contributed by atoms with van der Waals surface area (Å²) in [6, 6.07) is 8.54. The summed E-state index contributed by atoms with van der Waals surface area (Å²) in [4.78, 5) is 23.9. The quantitative estimate of drug-likeness (QED) is 0.409. The van der Waals surface area contributed by atoms with Gasteiger partial charge in [-0.1, -0.05) is 56.5 Å². The first-order valence-corrected chi connectivity index (χ1v) is 7.58. The van der Waals surface area contributed by atoms with E-state index < -0.39 is 6.04 Å². The highest BCUT2D eigenvalue weighted by molar-refractivity contribution is 6.01. The third kappa shape index (κ3) is 6.54. The number of carbonyl (C=O) groups is 2. The number of hydrogen-bond donors (Lipinski definition) is 1. The number of esters is 1. The summed E-state index contributed by atoms with van der Waals surface area (Å²) in [5, 5.41) is 3.19. The van der Waals surface area contributed by atoms with Crippen molar-refractivity contribution in [3.05, 3.63) is 35.9 Å². The van der Waals surface area contributed by atoms with Crippen LogP contribution in [0.4, 0.5) is 0 Å². The van der Waals surface area contributed by atoms with Crippen LogP contribution in [-0.2, 0) is 9.53 Å². The number of hydrogen-bond acceptors (Lipinski definition) is 4. The minimum absolute atomic E-state index is 0.0588. The van der Waals surface area contributed by atoms with E-state index in [-0.39, 0.29) is 18.2 Å². The number of Topliss-reactive ketones (excluding diaryl/α,β-unsaturated/α-hetero) is 1. The van der Waals surface area contributed by atoms with Crippen LogP contribution in [0.3, 0.4) is 0 Å². The van der Waals surface area contributed by atoms with Gasteiger partial charge < -0.3 is 10.1 Å². The molecule has 0 saturated heterocycles. The molecule has 0 radical (unpaired) electrons. The Hall–Kier alpha value is -1.68. The van der Waals surface area contributed by atoms with Gasteiger partial charge in [0.2, 0.25) is 0 Å². The lowest BCUT2D eigenvalue weighted by molar-refractivity contribution is -0.140. The standard InChI is InChI=1S/C17H25NO3/c1-3-4-5-9-12-18-15(13-16(19)21-2)17(20)14-10-7-6-8-11-14/h6-8,10-11,15,18H,3-5,9,12-13H2,1-2H3. The van der Waals surface area contributed by atoms with Crippen LogP contribution in [0.5, 0.6) is 0 Å². The highest BCUT2D eigenvalue weighted by atomic mass is 16.5. The summed E-state index contributed by atoms with van der Waals surface area (Å²) in [6.45, 7) is 2.90. The summed E-state index contributed by atoms with van der Waals surface area (Å²) in [6.07, 6.45) is 4.57. The Labute approximate surface area is 126 Å². The van der Waals surface area contributed by atoms with Gasteiger partial charge in [0, 0.05) is 5.56 Å². The number of methoxy groups -OCH3 is 1. The molecular formula is C17H25NO3. The maximum atomic E-state index is 12.4. The van der Waals surface area contributed by atoms with Crippen molar-refractivity contribution < 1.29 is 14.3 Å². The van der Waals surface area contributed by atoms with Crippen molar-refractivity contribution in [3.63, 3.8) is 0 Å². The smallest absolute Gasteiger partial charge is 0.307 e. The van der Waals surface area contributed by atoms with E-state index in [1.54, 1.807) is 12.1 Å². The van der Waals surface area contributed by atoms with E-state index in [9.17, 15) is 9.59 Å². The van der Waals surface area contributed by atoms with E-state index in [2.05, 4.69) is 17.0 Å². The molecule has 0 spiro atoms. The van der Waals surface area contributed by atoms with E-state index in [0.29, 0.717) is 5.56 Å². The van der Waals surface area contributed by atoms with E-state index in [0.717, 1.165) is 19.4 Å². The van der Waals surface area contributed by atoms with Crippen LogP contribution in [0, 0.1) is 0 Å². The number of unbranched alkanes of at least 4 members (excludes halogenated alkanes) is 3. The lowest BCUT2D eigenvalue weighted by atomic mass is 10.0. The lowest BCUT2D eigenvalue weighted by Gasteiger charge is -2.16. The van der Waals surface area contributed by atoms with E-state index in [4.69, 9.17) is 0 Å². The summed E-state index contributed by atoms with van der Waals surface area (Å²) in [5.41, 5.74) is 0.618. The molecule has 0 aliphatic carbocycles. The van der Waals surface area contributed by atoms with E-state index in [1.165, 1.54) is 20.0 Å².